The Labute approximate surface area is 165 Å². The molecule has 0 nitrogen and oxygen atoms in total. The fourth-order valence-corrected chi connectivity index (χ4v) is 5.08. The van der Waals surface area contributed by atoms with Gasteiger partial charge in [0.25, 0.3) is 0 Å². The van der Waals surface area contributed by atoms with E-state index in [4.69, 9.17) is 11.6 Å². The van der Waals surface area contributed by atoms with Crippen LogP contribution in [0.3, 0.4) is 0 Å². The van der Waals surface area contributed by atoms with Crippen molar-refractivity contribution in [1.82, 2.24) is 0 Å². The molecule has 0 heterocycles. The molecule has 1 heteroatoms. The first-order valence-corrected chi connectivity index (χ1v) is 10.7. The maximum absolute atomic E-state index is 6.55. The first-order chi connectivity index (χ1) is 12.5. The minimum Gasteiger partial charge on any atom is -0.0840 e. The van der Waals surface area contributed by atoms with Crippen LogP contribution in [0.25, 0.3) is 0 Å². The second-order valence-electron chi connectivity index (χ2n) is 8.38. The third kappa shape index (κ3) is 4.34. The van der Waals surface area contributed by atoms with Crippen molar-refractivity contribution in [3.8, 4) is 0 Å². The average Bonchev–Trinajstić information content (AvgIpc) is 2.65. The van der Waals surface area contributed by atoms with Crippen LogP contribution < -0.4 is 0 Å². The van der Waals surface area contributed by atoms with Crippen molar-refractivity contribution in [1.29, 1.82) is 0 Å². The highest BCUT2D eigenvalue weighted by atomic mass is 35.5. The number of hydrogen-bond donors (Lipinski definition) is 0. The van der Waals surface area contributed by atoms with Crippen LogP contribution >= 0.6 is 11.6 Å². The van der Waals surface area contributed by atoms with E-state index in [1.165, 1.54) is 47.9 Å². The van der Waals surface area contributed by atoms with Crippen LogP contribution in [0.2, 0.25) is 5.02 Å². The molecule has 0 aromatic heterocycles. The Hall–Kier alpha value is -1.27. The van der Waals surface area contributed by atoms with Gasteiger partial charge in [-0.05, 0) is 72.6 Å². The van der Waals surface area contributed by atoms with Crippen LogP contribution in [0.15, 0.2) is 42.5 Å². The molecule has 1 saturated carbocycles. The van der Waals surface area contributed by atoms with Crippen LogP contribution in [0.4, 0.5) is 0 Å². The van der Waals surface area contributed by atoms with Crippen LogP contribution in [-0.4, -0.2) is 0 Å². The minimum absolute atomic E-state index is 0.690. The van der Waals surface area contributed by atoms with E-state index in [0.29, 0.717) is 5.92 Å². The first-order valence-electron chi connectivity index (χ1n) is 10.4. The predicted octanol–water partition coefficient (Wildman–Crippen LogP) is 7.81. The van der Waals surface area contributed by atoms with Crippen LogP contribution in [0.5, 0.6) is 0 Å². The van der Waals surface area contributed by atoms with Crippen LogP contribution in [-0.2, 0) is 6.42 Å². The Kier molecular flexibility index (Phi) is 6.46. The topological polar surface area (TPSA) is 0 Å². The smallest absolute Gasteiger partial charge is 0.0441 e. The van der Waals surface area contributed by atoms with Crippen LogP contribution in [0.1, 0.15) is 74.6 Å². The zero-order valence-electron chi connectivity index (χ0n) is 16.8. The lowest BCUT2D eigenvalue weighted by Gasteiger charge is -2.40. The maximum Gasteiger partial charge on any atom is 0.0441 e. The molecule has 0 bridgehead atoms. The highest BCUT2D eigenvalue weighted by molar-refractivity contribution is 6.31. The standard InChI is InChI=1S/C25H33Cl/c1-5-20-14-23(15-21(6-2)18(20)4)22-11-12-25(26)24(16-22)13-19-9-7-17(3)8-10-19/h7-12,16,18,20-21,23H,5-6,13-15H2,1-4H3/t18?,20-,21+,23+. The van der Waals surface area contributed by atoms with Crippen molar-refractivity contribution in [3.63, 3.8) is 0 Å². The Balaban J connectivity index is 1.83. The average molecular weight is 369 g/mol. The van der Waals surface area contributed by atoms with Gasteiger partial charge in [-0.1, -0.05) is 87.2 Å². The Bertz CT molecular complexity index is 701. The van der Waals surface area contributed by atoms with Crippen LogP contribution in [0, 0.1) is 24.7 Å². The van der Waals surface area contributed by atoms with Crippen molar-refractivity contribution in [2.45, 2.75) is 65.7 Å². The minimum atomic E-state index is 0.690. The highest BCUT2D eigenvalue weighted by Gasteiger charge is 2.33. The summed E-state index contributed by atoms with van der Waals surface area (Å²) >= 11 is 6.55. The Morgan fingerprint density at radius 1 is 0.923 bits per heavy atom. The summed E-state index contributed by atoms with van der Waals surface area (Å²) in [6, 6.07) is 15.6. The highest BCUT2D eigenvalue weighted by Crippen LogP contribution is 2.45. The summed E-state index contributed by atoms with van der Waals surface area (Å²) in [7, 11) is 0. The van der Waals surface area contributed by atoms with Gasteiger partial charge in [0, 0.05) is 5.02 Å². The number of rotatable bonds is 5. The molecule has 0 radical (unpaired) electrons. The van der Waals surface area contributed by atoms with E-state index < -0.39 is 0 Å². The second kappa shape index (κ2) is 8.61. The molecule has 1 unspecified atom stereocenters. The molecule has 0 spiro atoms. The van der Waals surface area contributed by atoms with E-state index in [1.807, 2.05) is 0 Å². The van der Waals surface area contributed by atoms with Crippen molar-refractivity contribution in [2.75, 3.05) is 0 Å². The fraction of sp³-hybridized carbons (Fsp3) is 0.520. The number of benzene rings is 2. The van der Waals surface area contributed by atoms with E-state index in [1.54, 1.807) is 0 Å². The predicted molar refractivity (Wildman–Crippen MR) is 114 cm³/mol. The van der Waals surface area contributed by atoms with Gasteiger partial charge in [0.05, 0.1) is 0 Å². The first kappa shape index (κ1) is 19.5. The van der Waals surface area contributed by atoms with Gasteiger partial charge in [0.15, 0.2) is 0 Å². The largest absolute Gasteiger partial charge is 0.0840 e. The summed E-state index contributed by atoms with van der Waals surface area (Å²) in [4.78, 5) is 0. The SMILES string of the molecule is CC[C@@H]1C[C@H](c2ccc(Cl)c(Cc3ccc(C)cc3)c2)C[C@H](CC)C1C. The molecule has 2 aromatic carbocycles. The summed E-state index contributed by atoms with van der Waals surface area (Å²) in [5.41, 5.74) is 5.42. The molecule has 1 aliphatic rings. The van der Waals surface area contributed by atoms with E-state index in [9.17, 15) is 0 Å². The van der Waals surface area contributed by atoms with Gasteiger partial charge in [-0.25, -0.2) is 0 Å². The van der Waals surface area contributed by atoms with Gasteiger partial charge >= 0.3 is 0 Å². The number of halogens is 1. The monoisotopic (exact) mass is 368 g/mol. The lowest BCUT2D eigenvalue weighted by molar-refractivity contribution is 0.141. The molecule has 4 atom stereocenters. The van der Waals surface area contributed by atoms with Gasteiger partial charge in [-0.15, -0.1) is 0 Å². The van der Waals surface area contributed by atoms with E-state index in [0.717, 1.165) is 29.2 Å². The van der Waals surface area contributed by atoms with Gasteiger partial charge in [-0.2, -0.15) is 0 Å². The molecule has 3 rings (SSSR count). The van der Waals surface area contributed by atoms with E-state index in [2.05, 4.69) is 70.2 Å². The summed E-state index contributed by atoms with van der Waals surface area (Å²) in [6.07, 6.45) is 6.19. The zero-order chi connectivity index (χ0) is 18.7. The van der Waals surface area contributed by atoms with Gasteiger partial charge in [-0.3, -0.25) is 0 Å². The summed E-state index contributed by atoms with van der Waals surface area (Å²) < 4.78 is 0. The Morgan fingerprint density at radius 2 is 1.54 bits per heavy atom. The Morgan fingerprint density at radius 3 is 2.12 bits per heavy atom. The number of hydrogen-bond acceptors (Lipinski definition) is 0. The normalized spacial score (nSPS) is 26.0. The molecule has 0 saturated heterocycles. The molecule has 140 valence electrons. The molecule has 0 amide bonds. The molecular formula is C25H33Cl. The van der Waals surface area contributed by atoms with Gasteiger partial charge < -0.3 is 0 Å². The molecule has 2 aromatic rings. The molecule has 0 N–H and O–H groups in total. The second-order valence-corrected chi connectivity index (χ2v) is 8.78. The lowest BCUT2D eigenvalue weighted by Crippen LogP contribution is -2.29. The quantitative estimate of drug-likeness (QED) is 0.504. The maximum atomic E-state index is 6.55. The number of aryl methyl sites for hydroxylation is 1. The van der Waals surface area contributed by atoms with E-state index >= 15 is 0 Å². The summed E-state index contributed by atoms with van der Waals surface area (Å²) in [6.45, 7) is 9.33. The molecule has 1 aliphatic carbocycles. The van der Waals surface area contributed by atoms with E-state index in [-0.39, 0.29) is 0 Å². The van der Waals surface area contributed by atoms with Crippen molar-refractivity contribution in [3.05, 3.63) is 69.7 Å². The molecule has 1 fully saturated rings. The van der Waals surface area contributed by atoms with Gasteiger partial charge in [0.2, 0.25) is 0 Å². The van der Waals surface area contributed by atoms with Gasteiger partial charge in [0.1, 0.15) is 0 Å². The molecular weight excluding hydrogens is 336 g/mol. The molecule has 26 heavy (non-hydrogen) atoms. The third-order valence-corrected chi connectivity index (χ3v) is 7.14. The molecule has 0 aliphatic heterocycles. The third-order valence-electron chi connectivity index (χ3n) is 6.77. The summed E-state index contributed by atoms with van der Waals surface area (Å²) in [5, 5.41) is 0.901. The zero-order valence-corrected chi connectivity index (χ0v) is 17.5. The van der Waals surface area contributed by atoms with Crippen molar-refractivity contribution in [2.24, 2.45) is 17.8 Å². The van der Waals surface area contributed by atoms with Crippen molar-refractivity contribution < 1.29 is 0 Å². The fourth-order valence-electron chi connectivity index (χ4n) is 4.90. The van der Waals surface area contributed by atoms with Crippen molar-refractivity contribution >= 4 is 11.6 Å². The lowest BCUT2D eigenvalue weighted by atomic mass is 9.65. The summed E-state index contributed by atoms with van der Waals surface area (Å²) in [5.74, 6) is 3.26.